The van der Waals surface area contributed by atoms with Gasteiger partial charge in [0.1, 0.15) is 11.4 Å². The third-order valence-electron chi connectivity index (χ3n) is 3.27. The fraction of sp³-hybridized carbons (Fsp3) is 0.529. The lowest BCUT2D eigenvalue weighted by Gasteiger charge is -2.32. The van der Waals surface area contributed by atoms with Crippen LogP contribution < -0.4 is 0 Å². The van der Waals surface area contributed by atoms with Crippen molar-refractivity contribution >= 4 is 23.7 Å². The number of carbonyl (C=O) groups excluding carboxylic acids is 1. The molecule has 0 saturated carbocycles. The van der Waals surface area contributed by atoms with E-state index >= 15 is 0 Å². The number of benzene rings is 1. The van der Waals surface area contributed by atoms with Gasteiger partial charge in [0, 0.05) is 12.6 Å². The number of hydrogen-bond donors (Lipinski definition) is 1. The number of carbonyl (C=O) groups is 2. The van der Waals surface area contributed by atoms with Crippen LogP contribution in [-0.4, -0.2) is 40.3 Å². The molecule has 0 heterocycles. The number of nitrogens with zero attached hydrogens (tertiary/aromatic N) is 1. The molecule has 0 bridgehead atoms. The Morgan fingerprint density at radius 2 is 1.92 bits per heavy atom. The summed E-state index contributed by atoms with van der Waals surface area (Å²) >= 11 is 5.64. The molecule has 0 aliphatic carbocycles. The highest BCUT2D eigenvalue weighted by atomic mass is 35.5. The predicted molar refractivity (Wildman–Crippen MR) is 89.9 cm³/mol. The van der Waals surface area contributed by atoms with E-state index in [0.29, 0.717) is 0 Å². The SMILES string of the molecule is CC(C)N(CC(C(=O)O)c1ccc(Cl)c(F)c1)C(=O)OC(C)(C)C. The minimum absolute atomic E-state index is 0.0873. The molecule has 7 heteroatoms. The highest BCUT2D eigenvalue weighted by Crippen LogP contribution is 2.24. The second kappa shape index (κ2) is 7.83. The zero-order valence-electron chi connectivity index (χ0n) is 14.5. The second-order valence-corrected chi connectivity index (χ2v) is 7.20. The Bertz CT molecular complexity index is 613. The topological polar surface area (TPSA) is 66.8 Å². The number of carboxylic acids is 1. The zero-order valence-corrected chi connectivity index (χ0v) is 15.2. The van der Waals surface area contributed by atoms with Crippen LogP contribution in [-0.2, 0) is 9.53 Å². The van der Waals surface area contributed by atoms with Crippen molar-refractivity contribution < 1.29 is 23.8 Å². The van der Waals surface area contributed by atoms with Gasteiger partial charge in [-0.2, -0.15) is 0 Å². The van der Waals surface area contributed by atoms with Crippen molar-refractivity contribution in [3.8, 4) is 0 Å². The molecule has 5 nitrogen and oxygen atoms in total. The van der Waals surface area contributed by atoms with Gasteiger partial charge in [-0.15, -0.1) is 0 Å². The van der Waals surface area contributed by atoms with Gasteiger partial charge in [0.2, 0.25) is 0 Å². The van der Waals surface area contributed by atoms with Crippen LogP contribution in [0, 0.1) is 5.82 Å². The van der Waals surface area contributed by atoms with Crippen LogP contribution in [0.3, 0.4) is 0 Å². The van der Waals surface area contributed by atoms with Crippen molar-refractivity contribution in [3.05, 3.63) is 34.6 Å². The molecule has 1 aromatic rings. The van der Waals surface area contributed by atoms with Gasteiger partial charge in [-0.05, 0) is 52.3 Å². The predicted octanol–water partition coefficient (Wildman–Crippen LogP) is 4.29. The molecule has 0 aliphatic rings. The Labute approximate surface area is 146 Å². The fourth-order valence-corrected chi connectivity index (χ4v) is 2.19. The molecule has 1 amide bonds. The first kappa shape index (κ1) is 20.2. The largest absolute Gasteiger partial charge is 0.481 e. The Hall–Kier alpha value is -1.82. The normalized spacial score (nSPS) is 12.8. The minimum atomic E-state index is -1.16. The van der Waals surface area contributed by atoms with Crippen LogP contribution in [0.1, 0.15) is 46.1 Å². The van der Waals surface area contributed by atoms with Crippen LogP contribution in [0.25, 0.3) is 0 Å². The first-order valence-electron chi connectivity index (χ1n) is 7.59. The van der Waals surface area contributed by atoms with Crippen molar-refractivity contribution in [2.75, 3.05) is 6.54 Å². The summed E-state index contributed by atoms with van der Waals surface area (Å²) < 4.78 is 19.0. The zero-order chi connectivity index (χ0) is 18.7. The van der Waals surface area contributed by atoms with E-state index in [0.717, 1.165) is 6.07 Å². The molecule has 0 aromatic heterocycles. The maximum atomic E-state index is 13.6. The summed E-state index contributed by atoms with van der Waals surface area (Å²) in [5, 5.41) is 9.41. The summed E-state index contributed by atoms with van der Waals surface area (Å²) in [7, 11) is 0. The minimum Gasteiger partial charge on any atom is -0.481 e. The van der Waals surface area contributed by atoms with E-state index in [1.807, 2.05) is 0 Å². The molecular formula is C17H23ClFNO4. The molecule has 1 rings (SSSR count). The van der Waals surface area contributed by atoms with Crippen molar-refractivity contribution in [3.63, 3.8) is 0 Å². The molecule has 0 radical (unpaired) electrons. The van der Waals surface area contributed by atoms with Crippen LogP contribution >= 0.6 is 11.6 Å². The quantitative estimate of drug-likeness (QED) is 0.851. The van der Waals surface area contributed by atoms with Crippen molar-refractivity contribution in [2.24, 2.45) is 0 Å². The molecule has 24 heavy (non-hydrogen) atoms. The number of halogens is 2. The molecule has 1 unspecified atom stereocenters. The van der Waals surface area contributed by atoms with E-state index in [9.17, 15) is 19.1 Å². The Kier molecular flexibility index (Phi) is 6.60. The summed E-state index contributed by atoms with van der Waals surface area (Å²) in [6, 6.07) is 3.54. The molecule has 1 N–H and O–H groups in total. The number of rotatable bonds is 5. The van der Waals surface area contributed by atoms with Gasteiger partial charge >= 0.3 is 12.1 Å². The number of carboxylic acid groups (broad SMARTS) is 1. The molecule has 1 aromatic carbocycles. The Morgan fingerprint density at radius 1 is 1.33 bits per heavy atom. The van der Waals surface area contributed by atoms with Crippen molar-refractivity contribution in [1.82, 2.24) is 4.90 Å². The van der Waals surface area contributed by atoms with Gasteiger partial charge in [0.25, 0.3) is 0 Å². The molecular weight excluding hydrogens is 337 g/mol. The third kappa shape index (κ3) is 5.67. The van der Waals surface area contributed by atoms with Crippen molar-refractivity contribution in [1.29, 1.82) is 0 Å². The molecule has 134 valence electrons. The number of amides is 1. The highest BCUT2D eigenvalue weighted by Gasteiger charge is 2.30. The monoisotopic (exact) mass is 359 g/mol. The summed E-state index contributed by atoms with van der Waals surface area (Å²) in [5.41, 5.74) is -0.464. The number of hydrogen-bond acceptors (Lipinski definition) is 3. The van der Waals surface area contributed by atoms with Gasteiger partial charge < -0.3 is 14.7 Å². The van der Waals surface area contributed by atoms with Crippen molar-refractivity contribution in [2.45, 2.75) is 52.2 Å². The van der Waals surface area contributed by atoms with Gasteiger partial charge in [-0.1, -0.05) is 17.7 Å². The van der Waals surface area contributed by atoms with Crippen LogP contribution in [0.15, 0.2) is 18.2 Å². The van der Waals surface area contributed by atoms with Crippen LogP contribution in [0.5, 0.6) is 0 Å². The standard InChI is InChI=1S/C17H23ClFNO4/c1-10(2)20(16(23)24-17(3,4)5)9-12(15(21)22)11-6-7-13(18)14(19)8-11/h6-8,10,12H,9H2,1-5H3,(H,21,22). The first-order chi connectivity index (χ1) is 10.9. The second-order valence-electron chi connectivity index (χ2n) is 6.79. The molecule has 0 spiro atoms. The maximum absolute atomic E-state index is 13.6. The number of aliphatic carboxylic acids is 1. The number of ether oxygens (including phenoxy) is 1. The molecule has 1 atom stereocenters. The van der Waals surface area contributed by atoms with Gasteiger partial charge in [-0.3, -0.25) is 4.79 Å². The van der Waals surface area contributed by atoms with Crippen LogP contribution in [0.2, 0.25) is 5.02 Å². The molecule has 0 fully saturated rings. The van der Waals surface area contributed by atoms with E-state index in [1.54, 1.807) is 34.6 Å². The smallest absolute Gasteiger partial charge is 0.410 e. The molecule has 0 saturated heterocycles. The fourth-order valence-electron chi connectivity index (χ4n) is 2.07. The first-order valence-corrected chi connectivity index (χ1v) is 7.97. The van der Waals surface area contributed by atoms with E-state index in [2.05, 4.69) is 0 Å². The van der Waals surface area contributed by atoms with Crippen LogP contribution in [0.4, 0.5) is 9.18 Å². The Morgan fingerprint density at radius 3 is 2.33 bits per heavy atom. The average molecular weight is 360 g/mol. The summed E-state index contributed by atoms with van der Waals surface area (Å²) in [6.45, 7) is 8.56. The summed E-state index contributed by atoms with van der Waals surface area (Å²) in [4.78, 5) is 25.3. The van der Waals surface area contributed by atoms with Gasteiger partial charge in [0.15, 0.2) is 0 Å². The van der Waals surface area contributed by atoms with E-state index in [4.69, 9.17) is 16.3 Å². The Balaban J connectivity index is 3.08. The summed E-state index contributed by atoms with van der Waals surface area (Å²) in [6.07, 6.45) is -0.613. The van der Waals surface area contributed by atoms with E-state index in [-0.39, 0.29) is 23.2 Å². The third-order valence-corrected chi connectivity index (χ3v) is 3.58. The highest BCUT2D eigenvalue weighted by molar-refractivity contribution is 6.30. The van der Waals surface area contributed by atoms with Gasteiger partial charge in [0.05, 0.1) is 10.9 Å². The van der Waals surface area contributed by atoms with E-state index < -0.39 is 29.4 Å². The lowest BCUT2D eigenvalue weighted by molar-refractivity contribution is -0.139. The molecule has 0 aliphatic heterocycles. The van der Waals surface area contributed by atoms with Gasteiger partial charge in [-0.25, -0.2) is 9.18 Å². The maximum Gasteiger partial charge on any atom is 0.410 e. The average Bonchev–Trinajstić information content (AvgIpc) is 2.40. The lowest BCUT2D eigenvalue weighted by Crippen LogP contribution is -2.44. The summed E-state index contributed by atoms with van der Waals surface area (Å²) in [5.74, 6) is -2.95. The lowest BCUT2D eigenvalue weighted by atomic mass is 9.98. The van der Waals surface area contributed by atoms with E-state index in [1.165, 1.54) is 17.0 Å².